The second-order valence-electron chi connectivity index (χ2n) is 7.73. The molecule has 0 saturated heterocycles. The number of rotatable bonds is 8. The van der Waals surface area contributed by atoms with Gasteiger partial charge >= 0.3 is 5.69 Å². The molecule has 0 aromatic heterocycles. The smallest absolute Gasteiger partial charge is 0.312 e. The van der Waals surface area contributed by atoms with Crippen molar-refractivity contribution < 1.29 is 23.5 Å². The first-order valence-electron chi connectivity index (χ1n) is 10.6. The van der Waals surface area contributed by atoms with Crippen molar-refractivity contribution in [3.63, 3.8) is 0 Å². The van der Waals surface area contributed by atoms with E-state index in [1.807, 2.05) is 36.4 Å². The third-order valence-electron chi connectivity index (χ3n) is 5.01. The number of ether oxygens (including phenoxy) is 3. The van der Waals surface area contributed by atoms with Crippen LogP contribution in [-0.2, 0) is 6.61 Å². The summed E-state index contributed by atoms with van der Waals surface area (Å²) in [7, 11) is 0. The highest BCUT2D eigenvalue weighted by molar-refractivity contribution is 5.56. The normalized spacial score (nSPS) is 10.6. The molecule has 0 unspecified atom stereocenters. The lowest BCUT2D eigenvalue weighted by Gasteiger charge is -2.15. The Bertz CT molecular complexity index is 1310. The van der Waals surface area contributed by atoms with Crippen LogP contribution in [0.25, 0.3) is 0 Å². The van der Waals surface area contributed by atoms with Gasteiger partial charge in [0.2, 0.25) is 5.75 Å². The second kappa shape index (κ2) is 10.0. The number of aryl methyl sites for hydroxylation is 2. The second-order valence-corrected chi connectivity index (χ2v) is 7.73. The lowest BCUT2D eigenvalue weighted by molar-refractivity contribution is -0.385. The summed E-state index contributed by atoms with van der Waals surface area (Å²) in [5.41, 5.74) is 2.25. The number of hydrogen-bond acceptors (Lipinski definition) is 5. The molecule has 4 rings (SSSR count). The van der Waals surface area contributed by atoms with E-state index in [4.69, 9.17) is 14.2 Å². The minimum Gasteiger partial charge on any atom is -0.485 e. The molecule has 7 heteroatoms. The average molecular weight is 459 g/mol. The van der Waals surface area contributed by atoms with Gasteiger partial charge in [0.05, 0.1) is 4.92 Å². The van der Waals surface area contributed by atoms with Crippen molar-refractivity contribution in [2.24, 2.45) is 0 Å². The van der Waals surface area contributed by atoms with Gasteiger partial charge in [0.25, 0.3) is 0 Å². The average Bonchev–Trinajstić information content (AvgIpc) is 2.82. The zero-order chi connectivity index (χ0) is 24.1. The van der Waals surface area contributed by atoms with Crippen LogP contribution < -0.4 is 14.2 Å². The van der Waals surface area contributed by atoms with E-state index in [-0.39, 0.29) is 17.3 Å². The van der Waals surface area contributed by atoms with Crippen LogP contribution in [0.5, 0.6) is 28.7 Å². The fourth-order valence-electron chi connectivity index (χ4n) is 3.43. The standard InChI is InChI=1S/C27H22FNO5/c1-18-14-19(2)27(24(15-18)29(30)31)34-23-12-13-25(32-17-20-6-4-3-5-7-20)26(16-23)33-22-10-8-21(28)9-11-22/h3-16H,17H2,1-2H3. The minimum absolute atomic E-state index is 0.122. The first kappa shape index (κ1) is 22.8. The maximum atomic E-state index is 13.3. The van der Waals surface area contributed by atoms with Crippen LogP contribution in [0.2, 0.25) is 0 Å². The molecule has 172 valence electrons. The van der Waals surface area contributed by atoms with Crippen molar-refractivity contribution in [2.75, 3.05) is 0 Å². The minimum atomic E-state index is -0.470. The number of nitro groups is 1. The van der Waals surface area contributed by atoms with Gasteiger partial charge in [-0.2, -0.15) is 0 Å². The van der Waals surface area contributed by atoms with Gasteiger partial charge < -0.3 is 14.2 Å². The molecule has 0 aliphatic carbocycles. The number of nitro benzene ring substituents is 1. The third kappa shape index (κ3) is 5.50. The molecule has 0 heterocycles. The number of hydrogen-bond donors (Lipinski definition) is 0. The molecule has 0 bridgehead atoms. The Morgan fingerprint density at radius 2 is 1.53 bits per heavy atom. The Labute approximate surface area is 196 Å². The van der Waals surface area contributed by atoms with Gasteiger partial charge in [-0.05, 0) is 66.9 Å². The summed E-state index contributed by atoms with van der Waals surface area (Å²) in [6.45, 7) is 3.85. The summed E-state index contributed by atoms with van der Waals surface area (Å²) >= 11 is 0. The Balaban J connectivity index is 1.66. The number of benzene rings is 4. The highest BCUT2D eigenvalue weighted by atomic mass is 19.1. The van der Waals surface area contributed by atoms with Crippen molar-refractivity contribution >= 4 is 5.69 Å². The topological polar surface area (TPSA) is 70.8 Å². The molecule has 0 spiro atoms. The maximum Gasteiger partial charge on any atom is 0.312 e. The van der Waals surface area contributed by atoms with E-state index in [2.05, 4.69) is 0 Å². The van der Waals surface area contributed by atoms with E-state index in [9.17, 15) is 14.5 Å². The largest absolute Gasteiger partial charge is 0.485 e. The summed E-state index contributed by atoms with van der Waals surface area (Å²) in [4.78, 5) is 11.1. The van der Waals surface area contributed by atoms with E-state index in [0.717, 1.165) is 11.1 Å². The van der Waals surface area contributed by atoms with Crippen LogP contribution in [0.1, 0.15) is 16.7 Å². The molecule has 4 aromatic carbocycles. The summed E-state index contributed by atoms with van der Waals surface area (Å²) < 4.78 is 31.2. The Morgan fingerprint density at radius 3 is 2.24 bits per heavy atom. The molecular weight excluding hydrogens is 437 g/mol. The van der Waals surface area contributed by atoms with E-state index >= 15 is 0 Å². The quantitative estimate of drug-likeness (QED) is 0.201. The Hall–Kier alpha value is -4.39. The highest BCUT2D eigenvalue weighted by Gasteiger charge is 2.20. The van der Waals surface area contributed by atoms with Crippen LogP contribution in [0.4, 0.5) is 10.1 Å². The fourth-order valence-corrected chi connectivity index (χ4v) is 3.43. The summed E-state index contributed by atoms with van der Waals surface area (Å²) in [5.74, 6) is 1.27. The van der Waals surface area contributed by atoms with E-state index in [0.29, 0.717) is 35.2 Å². The molecule has 0 saturated carbocycles. The zero-order valence-electron chi connectivity index (χ0n) is 18.7. The van der Waals surface area contributed by atoms with Crippen LogP contribution in [0, 0.1) is 29.8 Å². The lowest BCUT2D eigenvalue weighted by Crippen LogP contribution is -1.99. The van der Waals surface area contributed by atoms with Crippen LogP contribution >= 0.6 is 0 Å². The van der Waals surface area contributed by atoms with Crippen LogP contribution in [0.15, 0.2) is 84.9 Å². The van der Waals surface area contributed by atoms with Crippen LogP contribution in [-0.4, -0.2) is 4.92 Å². The first-order chi connectivity index (χ1) is 16.4. The predicted molar refractivity (Wildman–Crippen MR) is 126 cm³/mol. The summed E-state index contributed by atoms with van der Waals surface area (Å²) in [6.07, 6.45) is 0. The Kier molecular flexibility index (Phi) is 6.73. The Morgan fingerprint density at radius 1 is 0.824 bits per heavy atom. The molecule has 0 fully saturated rings. The maximum absolute atomic E-state index is 13.3. The SMILES string of the molecule is Cc1cc(C)c(Oc2ccc(OCc3ccccc3)c(Oc3ccc(F)cc3)c2)c([N+](=O)[O-])c1. The summed E-state index contributed by atoms with van der Waals surface area (Å²) in [6, 6.07) is 23.4. The zero-order valence-corrected chi connectivity index (χ0v) is 18.7. The molecule has 6 nitrogen and oxygen atoms in total. The fraction of sp³-hybridized carbons (Fsp3) is 0.111. The third-order valence-corrected chi connectivity index (χ3v) is 5.01. The molecule has 34 heavy (non-hydrogen) atoms. The molecule has 0 atom stereocenters. The van der Waals surface area contributed by atoms with Crippen molar-refractivity contribution in [1.29, 1.82) is 0 Å². The van der Waals surface area contributed by atoms with Crippen molar-refractivity contribution in [2.45, 2.75) is 20.5 Å². The van der Waals surface area contributed by atoms with Gasteiger partial charge in [0.15, 0.2) is 11.5 Å². The molecule has 0 aliphatic rings. The first-order valence-corrected chi connectivity index (χ1v) is 10.6. The molecular formula is C27H22FNO5. The predicted octanol–water partition coefficient (Wildman–Crippen LogP) is 7.51. The summed E-state index contributed by atoms with van der Waals surface area (Å²) in [5, 5.41) is 11.6. The highest BCUT2D eigenvalue weighted by Crippen LogP contribution is 2.40. The van der Waals surface area contributed by atoms with Gasteiger partial charge in [0, 0.05) is 12.1 Å². The van der Waals surface area contributed by atoms with Crippen molar-refractivity contribution in [3.05, 3.63) is 118 Å². The van der Waals surface area contributed by atoms with E-state index in [1.165, 1.54) is 30.3 Å². The van der Waals surface area contributed by atoms with Gasteiger partial charge in [-0.3, -0.25) is 10.1 Å². The van der Waals surface area contributed by atoms with E-state index < -0.39 is 4.92 Å². The van der Waals surface area contributed by atoms with Gasteiger partial charge in [-0.15, -0.1) is 0 Å². The molecule has 0 amide bonds. The number of halogens is 1. The van der Waals surface area contributed by atoms with Gasteiger partial charge in [-0.25, -0.2) is 4.39 Å². The molecule has 0 radical (unpaired) electrons. The van der Waals surface area contributed by atoms with E-state index in [1.54, 1.807) is 32.0 Å². The van der Waals surface area contributed by atoms with Crippen LogP contribution in [0.3, 0.4) is 0 Å². The lowest BCUT2D eigenvalue weighted by atomic mass is 10.1. The number of nitrogens with zero attached hydrogens (tertiary/aromatic N) is 1. The van der Waals surface area contributed by atoms with Gasteiger partial charge in [0.1, 0.15) is 23.9 Å². The van der Waals surface area contributed by atoms with Crippen molar-refractivity contribution in [1.82, 2.24) is 0 Å². The monoisotopic (exact) mass is 459 g/mol. The molecule has 0 aliphatic heterocycles. The van der Waals surface area contributed by atoms with Crippen molar-refractivity contribution in [3.8, 4) is 28.7 Å². The molecule has 0 N–H and O–H groups in total. The van der Waals surface area contributed by atoms with Gasteiger partial charge in [-0.1, -0.05) is 36.4 Å². The molecule has 4 aromatic rings.